The molecular weight excluding hydrogens is 464 g/mol. The second-order valence-corrected chi connectivity index (χ2v) is 9.90. The lowest BCUT2D eigenvalue weighted by molar-refractivity contribution is -0.127. The maximum absolute atomic E-state index is 14.0. The Morgan fingerprint density at radius 3 is 2.35 bits per heavy atom. The van der Waals surface area contributed by atoms with Gasteiger partial charge in [-0.15, -0.1) is 0 Å². The molecule has 1 aliphatic rings. The summed E-state index contributed by atoms with van der Waals surface area (Å²) in [5.41, 5.74) is 2.92. The van der Waals surface area contributed by atoms with E-state index in [-0.39, 0.29) is 30.1 Å². The van der Waals surface area contributed by atoms with Gasteiger partial charge in [0, 0.05) is 24.0 Å². The molecule has 7 heteroatoms. The molecule has 7 nitrogen and oxygen atoms in total. The number of amides is 2. The Balaban J connectivity index is 1.77. The minimum atomic E-state index is -0.845. The number of aromatic nitrogens is 2. The van der Waals surface area contributed by atoms with E-state index in [1.165, 1.54) is 30.6 Å². The van der Waals surface area contributed by atoms with Gasteiger partial charge in [-0.3, -0.25) is 14.6 Å². The topological polar surface area (TPSA) is 84.4 Å². The minimum absolute atomic E-state index is 0.110. The van der Waals surface area contributed by atoms with Crippen molar-refractivity contribution in [2.24, 2.45) is 0 Å². The number of nitrogens with one attached hydrogen (secondary N) is 1. The molecule has 0 bridgehead atoms. The zero-order chi connectivity index (χ0) is 26.2. The maximum atomic E-state index is 14.0. The first kappa shape index (κ1) is 26.3. The number of benzene rings is 2. The maximum Gasteiger partial charge on any atom is 0.275 e. The predicted molar refractivity (Wildman–Crippen MR) is 143 cm³/mol. The molecule has 4 rings (SSSR count). The highest BCUT2D eigenvalue weighted by Crippen LogP contribution is 2.30. The number of methoxy groups -OCH3 is 1. The summed E-state index contributed by atoms with van der Waals surface area (Å²) in [6, 6.07) is 14.8. The van der Waals surface area contributed by atoms with Crippen molar-refractivity contribution in [1.29, 1.82) is 0 Å². The van der Waals surface area contributed by atoms with E-state index in [0.29, 0.717) is 11.7 Å². The van der Waals surface area contributed by atoms with Gasteiger partial charge in [0.25, 0.3) is 5.91 Å². The van der Waals surface area contributed by atoms with Crippen molar-refractivity contribution in [2.75, 3.05) is 7.11 Å². The smallest absolute Gasteiger partial charge is 0.275 e. The normalized spacial score (nSPS) is 14.7. The first-order chi connectivity index (χ1) is 18.0. The third-order valence-corrected chi connectivity index (χ3v) is 7.01. The Hall–Kier alpha value is -3.74. The molecule has 1 N–H and O–H groups in total. The fourth-order valence-corrected chi connectivity index (χ4v) is 4.92. The first-order valence-corrected chi connectivity index (χ1v) is 13.1. The van der Waals surface area contributed by atoms with E-state index in [4.69, 9.17) is 4.74 Å². The number of carbonyl (C=O) groups is 2. The molecule has 1 aromatic heterocycles. The quantitative estimate of drug-likeness (QED) is 0.423. The third-order valence-electron chi connectivity index (χ3n) is 7.01. The molecule has 2 amide bonds. The SMILES string of the molecule is COc1ccccc1CN(C(=O)c1cnccn1)[C@H](C(=O)NC1CCCCC1)c1ccc(C(C)C)cc1. The summed E-state index contributed by atoms with van der Waals surface area (Å²) in [5.74, 6) is 0.461. The molecule has 3 aromatic rings. The van der Waals surface area contributed by atoms with Crippen molar-refractivity contribution in [3.63, 3.8) is 0 Å². The molecule has 194 valence electrons. The van der Waals surface area contributed by atoms with Crippen LogP contribution in [0.4, 0.5) is 0 Å². The number of ether oxygens (including phenoxy) is 1. The van der Waals surface area contributed by atoms with Crippen LogP contribution in [-0.2, 0) is 11.3 Å². The zero-order valence-electron chi connectivity index (χ0n) is 21.9. The average Bonchev–Trinajstić information content (AvgIpc) is 2.94. The predicted octanol–water partition coefficient (Wildman–Crippen LogP) is 5.44. The summed E-state index contributed by atoms with van der Waals surface area (Å²) >= 11 is 0. The Morgan fingerprint density at radius 2 is 1.70 bits per heavy atom. The van der Waals surface area contributed by atoms with Crippen LogP contribution in [0.1, 0.15) is 85.1 Å². The molecule has 0 aliphatic heterocycles. The molecule has 2 aromatic carbocycles. The van der Waals surface area contributed by atoms with Gasteiger partial charge in [-0.1, -0.05) is 75.6 Å². The van der Waals surface area contributed by atoms with Gasteiger partial charge < -0.3 is 15.0 Å². The van der Waals surface area contributed by atoms with Gasteiger partial charge in [-0.05, 0) is 36.0 Å². The number of hydrogen-bond acceptors (Lipinski definition) is 5. The lowest BCUT2D eigenvalue weighted by atomic mass is 9.94. The Morgan fingerprint density at radius 1 is 1.00 bits per heavy atom. The molecule has 1 aliphatic carbocycles. The van der Waals surface area contributed by atoms with E-state index in [2.05, 4.69) is 29.1 Å². The van der Waals surface area contributed by atoms with Crippen molar-refractivity contribution >= 4 is 11.8 Å². The molecule has 1 saturated carbocycles. The monoisotopic (exact) mass is 500 g/mol. The van der Waals surface area contributed by atoms with Crippen LogP contribution in [0, 0.1) is 0 Å². The highest BCUT2D eigenvalue weighted by atomic mass is 16.5. The van der Waals surface area contributed by atoms with Crippen molar-refractivity contribution in [1.82, 2.24) is 20.2 Å². The van der Waals surface area contributed by atoms with Gasteiger partial charge in [-0.2, -0.15) is 0 Å². The van der Waals surface area contributed by atoms with Crippen LogP contribution in [0.25, 0.3) is 0 Å². The standard InChI is InChI=1S/C30H36N4O3/c1-21(2)22-13-15-23(16-14-22)28(29(35)33-25-10-5-4-6-11-25)34(30(36)26-19-31-17-18-32-26)20-24-9-7-8-12-27(24)37-3/h7-9,12-19,21,25,28H,4-6,10-11,20H2,1-3H3,(H,33,35)/t28-/m0/s1. The Kier molecular flexibility index (Phi) is 8.88. The van der Waals surface area contributed by atoms with E-state index in [9.17, 15) is 9.59 Å². The molecule has 0 saturated heterocycles. The molecule has 0 radical (unpaired) electrons. The van der Waals surface area contributed by atoms with Gasteiger partial charge in [-0.25, -0.2) is 4.98 Å². The second-order valence-electron chi connectivity index (χ2n) is 9.90. The summed E-state index contributed by atoms with van der Waals surface area (Å²) < 4.78 is 5.57. The second kappa shape index (κ2) is 12.5. The van der Waals surface area contributed by atoms with Gasteiger partial charge in [0.05, 0.1) is 19.9 Å². The number of nitrogens with zero attached hydrogens (tertiary/aromatic N) is 3. The van der Waals surface area contributed by atoms with E-state index in [1.54, 1.807) is 12.0 Å². The third kappa shape index (κ3) is 6.53. The van der Waals surface area contributed by atoms with Gasteiger partial charge >= 0.3 is 0 Å². The minimum Gasteiger partial charge on any atom is -0.496 e. The highest BCUT2D eigenvalue weighted by molar-refractivity contribution is 5.96. The number of hydrogen-bond donors (Lipinski definition) is 1. The van der Waals surface area contributed by atoms with E-state index in [0.717, 1.165) is 36.8 Å². The molecular formula is C30H36N4O3. The molecule has 0 spiro atoms. The number of para-hydroxylation sites is 1. The average molecular weight is 501 g/mol. The number of carbonyl (C=O) groups excluding carboxylic acids is 2. The van der Waals surface area contributed by atoms with Crippen molar-refractivity contribution in [3.05, 3.63) is 89.5 Å². The van der Waals surface area contributed by atoms with Gasteiger partial charge in [0.2, 0.25) is 5.91 Å². The van der Waals surface area contributed by atoms with E-state index in [1.807, 2.05) is 48.5 Å². The summed E-state index contributed by atoms with van der Waals surface area (Å²) in [4.78, 5) is 37.9. The molecule has 1 heterocycles. The van der Waals surface area contributed by atoms with E-state index >= 15 is 0 Å². The lowest BCUT2D eigenvalue weighted by Crippen LogP contribution is -2.47. The van der Waals surface area contributed by atoms with Crippen LogP contribution in [-0.4, -0.2) is 39.8 Å². The van der Waals surface area contributed by atoms with Crippen molar-refractivity contribution in [3.8, 4) is 5.75 Å². The number of rotatable bonds is 9. The Bertz CT molecular complexity index is 1170. The molecule has 0 unspecified atom stereocenters. The summed E-state index contributed by atoms with van der Waals surface area (Å²) in [6.07, 6.45) is 9.75. The fraction of sp³-hybridized carbons (Fsp3) is 0.400. The summed E-state index contributed by atoms with van der Waals surface area (Å²) in [7, 11) is 1.60. The van der Waals surface area contributed by atoms with Crippen LogP contribution >= 0.6 is 0 Å². The van der Waals surface area contributed by atoms with E-state index < -0.39 is 6.04 Å². The summed E-state index contributed by atoms with van der Waals surface area (Å²) in [5, 5.41) is 3.26. The first-order valence-electron chi connectivity index (χ1n) is 13.1. The van der Waals surface area contributed by atoms with Crippen LogP contribution in [0.2, 0.25) is 0 Å². The summed E-state index contributed by atoms with van der Waals surface area (Å²) in [6.45, 7) is 4.44. The molecule has 1 atom stereocenters. The van der Waals surface area contributed by atoms with Gasteiger partial charge in [0.1, 0.15) is 17.5 Å². The fourth-order valence-electron chi connectivity index (χ4n) is 4.92. The zero-order valence-corrected chi connectivity index (χ0v) is 21.9. The van der Waals surface area contributed by atoms with Crippen LogP contribution < -0.4 is 10.1 Å². The van der Waals surface area contributed by atoms with Crippen LogP contribution in [0.15, 0.2) is 67.1 Å². The molecule has 37 heavy (non-hydrogen) atoms. The lowest BCUT2D eigenvalue weighted by Gasteiger charge is -2.33. The highest BCUT2D eigenvalue weighted by Gasteiger charge is 2.34. The van der Waals surface area contributed by atoms with Crippen molar-refractivity contribution < 1.29 is 14.3 Å². The van der Waals surface area contributed by atoms with Crippen LogP contribution in [0.3, 0.4) is 0 Å². The van der Waals surface area contributed by atoms with Crippen molar-refractivity contribution in [2.45, 2.75) is 70.5 Å². The van der Waals surface area contributed by atoms with Crippen LogP contribution in [0.5, 0.6) is 5.75 Å². The largest absolute Gasteiger partial charge is 0.496 e. The molecule has 1 fully saturated rings. The Labute approximate surface area is 219 Å². The van der Waals surface area contributed by atoms with Gasteiger partial charge in [0.15, 0.2) is 0 Å².